The number of aliphatic imine (C=N–C) groups is 1. The minimum atomic E-state index is -0.418. The van der Waals surface area contributed by atoms with Crippen molar-refractivity contribution >= 4 is 40.1 Å². The zero-order valence-corrected chi connectivity index (χ0v) is 13.3. The van der Waals surface area contributed by atoms with Crippen LogP contribution < -0.4 is 0 Å². The highest BCUT2D eigenvalue weighted by Crippen LogP contribution is 2.42. The molecule has 1 saturated heterocycles. The number of carbonyl (C=O) groups is 2. The third-order valence-corrected chi connectivity index (χ3v) is 5.15. The van der Waals surface area contributed by atoms with Gasteiger partial charge in [0.1, 0.15) is 6.04 Å². The van der Waals surface area contributed by atoms with Crippen LogP contribution in [0.25, 0.3) is 0 Å². The van der Waals surface area contributed by atoms with Crippen molar-refractivity contribution in [2.24, 2.45) is 4.99 Å². The summed E-state index contributed by atoms with van der Waals surface area (Å²) in [4.78, 5) is 31.5. The highest BCUT2D eigenvalue weighted by atomic mass is 32.2. The normalized spacial score (nSPS) is 21.4. The number of thiophene rings is 1. The number of amidine groups is 1. The summed E-state index contributed by atoms with van der Waals surface area (Å²) in [5.41, 5.74) is 1.08. The lowest BCUT2D eigenvalue weighted by Gasteiger charge is -2.31. The minimum absolute atomic E-state index is 0.0218. The van der Waals surface area contributed by atoms with Crippen molar-refractivity contribution in [3.05, 3.63) is 33.7 Å². The van der Waals surface area contributed by atoms with E-state index in [9.17, 15) is 9.59 Å². The van der Waals surface area contributed by atoms with Crippen molar-refractivity contribution in [3.8, 4) is 0 Å². The lowest BCUT2D eigenvalue weighted by molar-refractivity contribution is -0.139. The zero-order chi connectivity index (χ0) is 15.0. The van der Waals surface area contributed by atoms with E-state index in [0.717, 1.165) is 4.88 Å². The van der Waals surface area contributed by atoms with Gasteiger partial charge in [-0.3, -0.25) is 9.69 Å². The minimum Gasteiger partial charge on any atom is -0.463 e. The lowest BCUT2D eigenvalue weighted by Crippen LogP contribution is -2.39. The molecule has 110 valence electrons. The van der Waals surface area contributed by atoms with Crippen LogP contribution in [-0.2, 0) is 14.3 Å². The van der Waals surface area contributed by atoms with E-state index in [1.54, 1.807) is 18.7 Å². The molecule has 21 heavy (non-hydrogen) atoms. The molecular weight excluding hydrogens is 308 g/mol. The quantitative estimate of drug-likeness (QED) is 0.803. The highest BCUT2D eigenvalue weighted by Gasteiger charge is 2.43. The Balaban J connectivity index is 2.11. The number of amides is 1. The number of nitrogens with zero attached hydrogens (tertiary/aromatic N) is 2. The Morgan fingerprint density at radius 3 is 3.05 bits per heavy atom. The van der Waals surface area contributed by atoms with Gasteiger partial charge in [0.2, 0.25) is 5.91 Å². The van der Waals surface area contributed by atoms with E-state index >= 15 is 0 Å². The predicted molar refractivity (Wildman–Crippen MR) is 83.1 cm³/mol. The number of rotatable bonds is 3. The van der Waals surface area contributed by atoms with Gasteiger partial charge in [0.15, 0.2) is 5.17 Å². The summed E-state index contributed by atoms with van der Waals surface area (Å²) in [6, 6.07) is 3.43. The van der Waals surface area contributed by atoms with E-state index in [0.29, 0.717) is 28.8 Å². The molecule has 0 bridgehead atoms. The van der Waals surface area contributed by atoms with Gasteiger partial charge in [-0.05, 0) is 25.3 Å². The van der Waals surface area contributed by atoms with Crippen LogP contribution in [0.5, 0.6) is 0 Å². The second-order valence-electron chi connectivity index (χ2n) is 4.58. The van der Waals surface area contributed by atoms with Gasteiger partial charge in [-0.2, -0.15) is 0 Å². The number of fused-ring (bicyclic) bond motifs is 1. The molecule has 1 atom stereocenters. The molecule has 0 aliphatic carbocycles. The fourth-order valence-corrected chi connectivity index (χ4v) is 4.19. The van der Waals surface area contributed by atoms with Gasteiger partial charge in [0.25, 0.3) is 0 Å². The standard InChI is InChI=1S/C14H14N2O3S2/c1-3-19-13(18)11-8(2)15-14-16(10(17)7-21-14)12(11)9-5-4-6-20-9/h4-6,12H,3,7H2,1-2H3/t12-/m0/s1. The molecular formula is C14H14N2O3S2. The van der Waals surface area contributed by atoms with Crippen LogP contribution in [0.1, 0.15) is 24.8 Å². The maximum atomic E-state index is 12.3. The van der Waals surface area contributed by atoms with Crippen LogP contribution in [0.2, 0.25) is 0 Å². The van der Waals surface area contributed by atoms with E-state index in [2.05, 4.69) is 4.99 Å². The Labute approximate surface area is 130 Å². The Kier molecular flexibility index (Phi) is 3.86. The third kappa shape index (κ3) is 2.40. The molecule has 1 aromatic heterocycles. The number of thioether (sulfide) groups is 1. The van der Waals surface area contributed by atoms with Crippen molar-refractivity contribution in [1.82, 2.24) is 4.90 Å². The van der Waals surface area contributed by atoms with E-state index in [4.69, 9.17) is 4.74 Å². The first kappa shape index (κ1) is 14.3. The summed E-state index contributed by atoms with van der Waals surface area (Å²) < 4.78 is 5.16. The molecule has 0 unspecified atom stereocenters. The van der Waals surface area contributed by atoms with Gasteiger partial charge in [-0.1, -0.05) is 17.8 Å². The molecule has 0 saturated carbocycles. The number of hydrogen-bond donors (Lipinski definition) is 0. The monoisotopic (exact) mass is 322 g/mol. The number of ether oxygens (including phenoxy) is 1. The largest absolute Gasteiger partial charge is 0.463 e. The van der Waals surface area contributed by atoms with Crippen molar-refractivity contribution < 1.29 is 14.3 Å². The van der Waals surface area contributed by atoms with Gasteiger partial charge >= 0.3 is 5.97 Å². The van der Waals surface area contributed by atoms with Crippen LogP contribution in [0.4, 0.5) is 0 Å². The van der Waals surface area contributed by atoms with Crippen molar-refractivity contribution in [2.45, 2.75) is 19.9 Å². The fourth-order valence-electron chi connectivity index (χ4n) is 2.43. The topological polar surface area (TPSA) is 59.0 Å². The molecule has 1 fully saturated rings. The summed E-state index contributed by atoms with van der Waals surface area (Å²) in [5, 5.41) is 2.61. The second-order valence-corrected chi connectivity index (χ2v) is 6.51. The molecule has 5 nitrogen and oxygen atoms in total. The number of esters is 1. The molecule has 0 radical (unpaired) electrons. The van der Waals surface area contributed by atoms with Crippen molar-refractivity contribution in [2.75, 3.05) is 12.4 Å². The van der Waals surface area contributed by atoms with Gasteiger partial charge in [0.05, 0.1) is 23.6 Å². The van der Waals surface area contributed by atoms with E-state index in [1.165, 1.54) is 23.1 Å². The maximum absolute atomic E-state index is 12.3. The van der Waals surface area contributed by atoms with Crippen molar-refractivity contribution in [1.29, 1.82) is 0 Å². The van der Waals surface area contributed by atoms with E-state index in [-0.39, 0.29) is 5.91 Å². The lowest BCUT2D eigenvalue weighted by atomic mass is 10.0. The van der Waals surface area contributed by atoms with Gasteiger partial charge in [0, 0.05) is 4.88 Å². The zero-order valence-electron chi connectivity index (χ0n) is 11.7. The summed E-state index contributed by atoms with van der Waals surface area (Å²) >= 11 is 2.93. The molecule has 0 spiro atoms. The molecule has 2 aliphatic rings. The maximum Gasteiger partial charge on any atom is 0.338 e. The Morgan fingerprint density at radius 1 is 1.57 bits per heavy atom. The predicted octanol–water partition coefficient (Wildman–Crippen LogP) is 2.57. The smallest absolute Gasteiger partial charge is 0.338 e. The molecule has 3 heterocycles. The van der Waals surface area contributed by atoms with Crippen LogP contribution in [0, 0.1) is 0 Å². The first-order valence-corrected chi connectivity index (χ1v) is 8.44. The SMILES string of the molecule is CCOC(=O)C1=C(C)N=C2SCC(=O)N2[C@H]1c1cccs1. The van der Waals surface area contributed by atoms with Gasteiger partial charge in [-0.25, -0.2) is 9.79 Å². The Hall–Kier alpha value is -1.60. The van der Waals surface area contributed by atoms with Crippen LogP contribution in [-0.4, -0.2) is 34.3 Å². The average Bonchev–Trinajstić information content (AvgIpc) is 3.08. The van der Waals surface area contributed by atoms with Crippen molar-refractivity contribution in [3.63, 3.8) is 0 Å². The van der Waals surface area contributed by atoms with Gasteiger partial charge in [-0.15, -0.1) is 11.3 Å². The summed E-state index contributed by atoms with van der Waals surface area (Å²) in [7, 11) is 0. The number of allylic oxidation sites excluding steroid dienone is 1. The molecule has 7 heteroatoms. The molecule has 2 aliphatic heterocycles. The molecule has 3 rings (SSSR count). The van der Waals surface area contributed by atoms with Crippen LogP contribution in [0.15, 0.2) is 33.8 Å². The van der Waals surface area contributed by atoms with Crippen LogP contribution >= 0.6 is 23.1 Å². The Morgan fingerprint density at radius 2 is 2.38 bits per heavy atom. The Bertz CT molecular complexity index is 649. The van der Waals surface area contributed by atoms with E-state index in [1.807, 2.05) is 17.5 Å². The first-order valence-electron chi connectivity index (χ1n) is 6.58. The summed E-state index contributed by atoms with van der Waals surface area (Å²) in [6.45, 7) is 3.86. The molecule has 0 aromatic carbocycles. The summed E-state index contributed by atoms with van der Waals surface area (Å²) in [5.74, 6) is -0.0586. The first-order chi connectivity index (χ1) is 10.1. The summed E-state index contributed by atoms with van der Waals surface area (Å²) in [6.07, 6.45) is 0. The molecule has 0 N–H and O–H groups in total. The van der Waals surface area contributed by atoms with Crippen LogP contribution in [0.3, 0.4) is 0 Å². The van der Waals surface area contributed by atoms with Gasteiger partial charge < -0.3 is 4.74 Å². The molecule has 1 aromatic rings. The second kappa shape index (κ2) is 5.65. The number of carbonyl (C=O) groups excluding carboxylic acids is 2. The average molecular weight is 322 g/mol. The fraction of sp³-hybridized carbons (Fsp3) is 0.357. The highest BCUT2D eigenvalue weighted by molar-refractivity contribution is 8.15. The third-order valence-electron chi connectivity index (χ3n) is 3.29. The van der Waals surface area contributed by atoms with E-state index < -0.39 is 12.0 Å². The molecule has 1 amide bonds. The number of hydrogen-bond acceptors (Lipinski definition) is 6.